The van der Waals surface area contributed by atoms with Crippen molar-refractivity contribution in [1.82, 2.24) is 10.6 Å². The van der Waals surface area contributed by atoms with E-state index in [4.69, 9.17) is 17.3 Å². The van der Waals surface area contributed by atoms with Crippen LogP contribution in [0, 0.1) is 0 Å². The van der Waals surface area contributed by atoms with Crippen LogP contribution in [0.2, 0.25) is 0 Å². The molecule has 3 unspecified atom stereocenters. The van der Waals surface area contributed by atoms with Gasteiger partial charge in [0.05, 0.1) is 0 Å². The maximum absolute atomic E-state index is 6.43. The van der Waals surface area contributed by atoms with Crippen LogP contribution >= 0.6 is 11.6 Å². The normalized spacial score (nSPS) is 21.1. The summed E-state index contributed by atoms with van der Waals surface area (Å²) in [6, 6.07) is 8.40. The van der Waals surface area contributed by atoms with Crippen molar-refractivity contribution >= 4 is 11.6 Å². The summed E-state index contributed by atoms with van der Waals surface area (Å²) in [6.07, 6.45) is 5.21. The fourth-order valence-electron chi connectivity index (χ4n) is 2.82. The second kappa shape index (κ2) is 7.12. The van der Waals surface area contributed by atoms with Crippen molar-refractivity contribution in [1.29, 1.82) is 0 Å². The number of allylic oxidation sites excluding steroid dienone is 2. The Morgan fingerprint density at radius 3 is 2.62 bits per heavy atom. The van der Waals surface area contributed by atoms with Crippen molar-refractivity contribution in [3.63, 3.8) is 0 Å². The van der Waals surface area contributed by atoms with Gasteiger partial charge in [-0.1, -0.05) is 30.3 Å². The Morgan fingerprint density at radius 1 is 1.33 bits per heavy atom. The third kappa shape index (κ3) is 4.10. The fraction of sp³-hybridized carbons (Fsp3) is 0.412. The van der Waals surface area contributed by atoms with Crippen LogP contribution in [0.3, 0.4) is 0 Å². The van der Waals surface area contributed by atoms with Gasteiger partial charge in [-0.05, 0) is 50.1 Å². The number of dihydropyridines is 1. The summed E-state index contributed by atoms with van der Waals surface area (Å²) in [5, 5.41) is 6.44. The summed E-state index contributed by atoms with van der Waals surface area (Å²) in [6.45, 7) is 4.23. The van der Waals surface area contributed by atoms with Crippen molar-refractivity contribution in [2.45, 2.75) is 37.9 Å². The van der Waals surface area contributed by atoms with Gasteiger partial charge in [0, 0.05) is 17.8 Å². The van der Waals surface area contributed by atoms with Gasteiger partial charge in [-0.15, -0.1) is 11.6 Å². The quantitative estimate of drug-likeness (QED) is 0.577. The van der Waals surface area contributed by atoms with E-state index < -0.39 is 0 Å². The van der Waals surface area contributed by atoms with E-state index in [0.29, 0.717) is 6.04 Å². The van der Waals surface area contributed by atoms with Gasteiger partial charge in [-0.3, -0.25) is 0 Å². The van der Waals surface area contributed by atoms with Crippen molar-refractivity contribution < 1.29 is 0 Å². The zero-order chi connectivity index (χ0) is 15.4. The minimum atomic E-state index is -0.217. The average Bonchev–Trinajstić information content (AvgIpc) is 2.45. The third-order valence-corrected chi connectivity index (χ3v) is 4.15. The number of benzene rings is 1. The standard InChI is InChI=1S/C17H24ClN3/c1-11-8-13(9-12(2)21-11)10-16(19)14-6-4-5-7-15(14)17(18)20-3/h4-9,11,16-17,20-21H,10,19H2,1-3H3. The van der Waals surface area contributed by atoms with Crippen LogP contribution in [-0.4, -0.2) is 13.1 Å². The molecule has 2 rings (SSSR count). The first-order chi connectivity index (χ1) is 10.0. The van der Waals surface area contributed by atoms with Crippen molar-refractivity contribution in [2.75, 3.05) is 7.05 Å². The molecule has 1 heterocycles. The SMILES string of the molecule is CNC(Cl)c1ccccc1C(N)CC1=CC(C)NC(C)=C1. The van der Waals surface area contributed by atoms with Gasteiger partial charge in [-0.2, -0.15) is 0 Å². The summed E-state index contributed by atoms with van der Waals surface area (Å²) in [5.41, 5.74) is 10.8. The lowest BCUT2D eigenvalue weighted by atomic mass is 9.93. The van der Waals surface area contributed by atoms with Crippen LogP contribution < -0.4 is 16.4 Å². The predicted octanol–water partition coefficient (Wildman–Crippen LogP) is 3.36. The lowest BCUT2D eigenvalue weighted by Gasteiger charge is -2.23. The summed E-state index contributed by atoms with van der Waals surface area (Å²) in [7, 11) is 1.85. The van der Waals surface area contributed by atoms with Crippen LogP contribution in [0.15, 0.2) is 47.7 Å². The minimum absolute atomic E-state index is 0.0589. The van der Waals surface area contributed by atoms with Gasteiger partial charge < -0.3 is 16.4 Å². The molecule has 1 aromatic rings. The van der Waals surface area contributed by atoms with Gasteiger partial charge in [-0.25, -0.2) is 0 Å². The second-order valence-electron chi connectivity index (χ2n) is 5.59. The first-order valence-electron chi connectivity index (χ1n) is 7.32. The maximum atomic E-state index is 6.43. The second-order valence-corrected chi connectivity index (χ2v) is 6.03. The van der Waals surface area contributed by atoms with Gasteiger partial charge in [0.25, 0.3) is 0 Å². The van der Waals surface area contributed by atoms with E-state index in [-0.39, 0.29) is 11.5 Å². The molecular formula is C17H24ClN3. The lowest BCUT2D eigenvalue weighted by molar-refractivity contribution is 0.663. The average molecular weight is 306 g/mol. The lowest BCUT2D eigenvalue weighted by Crippen LogP contribution is -2.26. The fourth-order valence-corrected chi connectivity index (χ4v) is 3.01. The Balaban J connectivity index is 2.19. The van der Waals surface area contributed by atoms with Crippen LogP contribution in [0.5, 0.6) is 0 Å². The number of hydrogen-bond donors (Lipinski definition) is 3. The molecule has 1 aromatic carbocycles. The van der Waals surface area contributed by atoms with Gasteiger partial charge in [0.2, 0.25) is 0 Å². The largest absolute Gasteiger partial charge is 0.383 e. The van der Waals surface area contributed by atoms with E-state index in [9.17, 15) is 0 Å². The number of hydrogen-bond acceptors (Lipinski definition) is 3. The Morgan fingerprint density at radius 2 is 2.00 bits per heavy atom. The van der Waals surface area contributed by atoms with E-state index >= 15 is 0 Å². The highest BCUT2D eigenvalue weighted by molar-refractivity contribution is 6.20. The number of rotatable bonds is 5. The summed E-state index contributed by atoms with van der Waals surface area (Å²) in [4.78, 5) is 0. The molecule has 4 N–H and O–H groups in total. The molecular weight excluding hydrogens is 282 g/mol. The van der Waals surface area contributed by atoms with Crippen molar-refractivity contribution in [3.05, 3.63) is 58.8 Å². The number of nitrogens with one attached hydrogen (secondary N) is 2. The number of nitrogens with two attached hydrogens (primary N) is 1. The van der Waals surface area contributed by atoms with E-state index in [1.54, 1.807) is 0 Å². The molecule has 0 bridgehead atoms. The summed E-state index contributed by atoms with van der Waals surface area (Å²) < 4.78 is 0. The highest BCUT2D eigenvalue weighted by Crippen LogP contribution is 2.29. The molecule has 0 amide bonds. The molecule has 3 nitrogen and oxygen atoms in total. The molecule has 0 aliphatic carbocycles. The topological polar surface area (TPSA) is 50.1 Å². The van der Waals surface area contributed by atoms with Crippen LogP contribution in [-0.2, 0) is 0 Å². The van der Waals surface area contributed by atoms with Crippen LogP contribution in [0.4, 0.5) is 0 Å². The molecule has 0 saturated heterocycles. The molecule has 0 fully saturated rings. The van der Waals surface area contributed by atoms with Gasteiger partial charge in [0.1, 0.15) is 5.50 Å². The molecule has 0 spiro atoms. The van der Waals surface area contributed by atoms with Gasteiger partial charge in [0.15, 0.2) is 0 Å². The summed E-state index contributed by atoms with van der Waals surface area (Å²) in [5.74, 6) is 0. The smallest absolute Gasteiger partial charge is 0.108 e. The van der Waals surface area contributed by atoms with E-state index in [0.717, 1.165) is 17.5 Å². The highest BCUT2D eigenvalue weighted by Gasteiger charge is 2.17. The molecule has 0 saturated carbocycles. The Bertz CT molecular complexity index is 551. The molecule has 1 aliphatic rings. The van der Waals surface area contributed by atoms with E-state index in [2.05, 4.69) is 42.7 Å². The Labute approximate surface area is 132 Å². The third-order valence-electron chi connectivity index (χ3n) is 3.70. The first-order valence-corrected chi connectivity index (χ1v) is 7.76. The molecule has 3 atom stereocenters. The molecule has 4 heteroatoms. The predicted molar refractivity (Wildman–Crippen MR) is 90.1 cm³/mol. The molecule has 0 aromatic heterocycles. The highest BCUT2D eigenvalue weighted by atomic mass is 35.5. The minimum Gasteiger partial charge on any atom is -0.383 e. The first kappa shape index (κ1) is 16.1. The number of alkyl halides is 1. The van der Waals surface area contributed by atoms with E-state index in [1.807, 2.05) is 25.2 Å². The zero-order valence-corrected chi connectivity index (χ0v) is 13.6. The monoisotopic (exact) mass is 305 g/mol. The van der Waals surface area contributed by atoms with Gasteiger partial charge >= 0.3 is 0 Å². The van der Waals surface area contributed by atoms with Crippen molar-refractivity contribution in [3.8, 4) is 0 Å². The molecule has 1 aliphatic heterocycles. The summed E-state index contributed by atoms with van der Waals surface area (Å²) >= 11 is 6.33. The van der Waals surface area contributed by atoms with Crippen molar-refractivity contribution in [2.24, 2.45) is 5.73 Å². The van der Waals surface area contributed by atoms with Crippen LogP contribution in [0.25, 0.3) is 0 Å². The Kier molecular flexibility index (Phi) is 5.45. The zero-order valence-electron chi connectivity index (χ0n) is 12.9. The molecule has 21 heavy (non-hydrogen) atoms. The van der Waals surface area contributed by atoms with Crippen LogP contribution in [0.1, 0.15) is 42.9 Å². The molecule has 0 radical (unpaired) electrons. The maximum Gasteiger partial charge on any atom is 0.108 e. The van der Waals surface area contributed by atoms with E-state index in [1.165, 1.54) is 11.3 Å². The molecule has 114 valence electrons. The Hall–Kier alpha value is -1.29. The number of halogens is 1.